The molecule has 0 bridgehead atoms. The summed E-state index contributed by atoms with van der Waals surface area (Å²) in [7, 11) is 0. The lowest BCUT2D eigenvalue weighted by atomic mass is 9.82. The van der Waals surface area contributed by atoms with Crippen molar-refractivity contribution in [2.24, 2.45) is 0 Å². The lowest BCUT2D eigenvalue weighted by Gasteiger charge is -2.21. The molecule has 1 aliphatic carbocycles. The Morgan fingerprint density at radius 2 is 1.24 bits per heavy atom. The summed E-state index contributed by atoms with van der Waals surface area (Å²) >= 11 is 0. The molecule has 9 rings (SSSR count). The van der Waals surface area contributed by atoms with Crippen molar-refractivity contribution in [1.82, 2.24) is 29.9 Å². The van der Waals surface area contributed by atoms with E-state index in [2.05, 4.69) is 92.7 Å². The Balaban J connectivity index is 1.19. The van der Waals surface area contributed by atoms with E-state index in [0.717, 1.165) is 49.4 Å². The summed E-state index contributed by atoms with van der Waals surface area (Å²) in [5.74, 6) is 2.02. The lowest BCUT2D eigenvalue weighted by molar-refractivity contribution is 0.660. The van der Waals surface area contributed by atoms with Gasteiger partial charge in [-0.1, -0.05) is 98.8 Å². The van der Waals surface area contributed by atoms with Crippen molar-refractivity contribution in [3.05, 3.63) is 132 Å². The zero-order valence-electron chi connectivity index (χ0n) is 25.2. The van der Waals surface area contributed by atoms with Gasteiger partial charge in [0.05, 0.1) is 5.69 Å². The summed E-state index contributed by atoms with van der Waals surface area (Å²) in [6, 6.07) is 40.2. The highest BCUT2D eigenvalue weighted by atomic mass is 15.5. The monoisotopic (exact) mass is 580 g/mol. The number of benzene rings is 6. The maximum absolute atomic E-state index is 5.04. The second-order valence-corrected chi connectivity index (χ2v) is 12.3. The van der Waals surface area contributed by atoms with Crippen molar-refractivity contribution in [1.29, 1.82) is 0 Å². The van der Waals surface area contributed by atoms with E-state index in [-0.39, 0.29) is 5.41 Å². The minimum Gasteiger partial charge on any atom is -0.213 e. The van der Waals surface area contributed by atoms with Gasteiger partial charge in [-0.2, -0.15) is 4.80 Å². The Labute approximate surface area is 260 Å². The Hall–Kier alpha value is -5.75. The average molecular weight is 581 g/mol. The highest BCUT2D eigenvalue weighted by Gasteiger charge is 2.35. The predicted octanol–water partition coefficient (Wildman–Crippen LogP) is 8.86. The molecule has 6 heteroatoms. The molecule has 8 aromatic rings. The molecule has 6 nitrogen and oxygen atoms in total. The summed E-state index contributed by atoms with van der Waals surface area (Å²) in [5.41, 5.74) is 9.71. The van der Waals surface area contributed by atoms with Crippen LogP contribution in [0.15, 0.2) is 115 Å². The molecule has 1 aliphatic rings. The highest BCUT2D eigenvalue weighted by Crippen LogP contribution is 2.49. The Morgan fingerprint density at radius 1 is 0.578 bits per heavy atom. The minimum atomic E-state index is -0.0973. The van der Waals surface area contributed by atoms with Crippen LogP contribution in [0.3, 0.4) is 0 Å². The Morgan fingerprint density at radius 3 is 2.09 bits per heavy atom. The Bertz CT molecular complexity index is 2480. The van der Waals surface area contributed by atoms with Crippen molar-refractivity contribution in [2.45, 2.75) is 26.2 Å². The number of fused-ring (bicyclic) bond motifs is 8. The molecule has 6 aromatic carbocycles. The van der Waals surface area contributed by atoms with Gasteiger partial charge in [-0.25, -0.2) is 15.0 Å². The molecule has 0 radical (unpaired) electrons. The van der Waals surface area contributed by atoms with Gasteiger partial charge in [-0.3, -0.25) is 0 Å². The van der Waals surface area contributed by atoms with Crippen LogP contribution in [0.25, 0.3) is 72.2 Å². The van der Waals surface area contributed by atoms with Gasteiger partial charge in [-0.05, 0) is 75.7 Å². The number of aryl methyl sites for hydroxylation is 1. The molecule has 2 aromatic heterocycles. The van der Waals surface area contributed by atoms with Crippen molar-refractivity contribution in [2.75, 3.05) is 0 Å². The molecule has 0 aliphatic heterocycles. The SMILES string of the molecule is Cc1nc(-c2ccc3c(c2)C(C)(C)c2ccccc2-3)nc(-c2ccc3ccc4ccc5nn(-c6ccccc6)nc5c4c3c2)n1. The summed E-state index contributed by atoms with van der Waals surface area (Å²) in [5, 5.41) is 14.1. The van der Waals surface area contributed by atoms with E-state index in [1.807, 2.05) is 43.3 Å². The second kappa shape index (κ2) is 9.37. The van der Waals surface area contributed by atoms with Crippen LogP contribution in [-0.2, 0) is 5.41 Å². The highest BCUT2D eigenvalue weighted by molar-refractivity contribution is 6.18. The van der Waals surface area contributed by atoms with Crippen LogP contribution in [0.5, 0.6) is 0 Å². The quantitative estimate of drug-likeness (QED) is 0.195. The van der Waals surface area contributed by atoms with Crippen molar-refractivity contribution < 1.29 is 0 Å². The molecule has 0 spiro atoms. The topological polar surface area (TPSA) is 69.4 Å². The summed E-state index contributed by atoms with van der Waals surface area (Å²) < 4.78 is 0. The third kappa shape index (κ3) is 3.92. The van der Waals surface area contributed by atoms with Crippen molar-refractivity contribution in [3.63, 3.8) is 0 Å². The zero-order valence-corrected chi connectivity index (χ0v) is 25.2. The zero-order chi connectivity index (χ0) is 30.3. The lowest BCUT2D eigenvalue weighted by Crippen LogP contribution is -2.15. The van der Waals surface area contributed by atoms with Gasteiger partial charge in [0, 0.05) is 21.9 Å². The van der Waals surface area contributed by atoms with Crippen LogP contribution >= 0.6 is 0 Å². The number of para-hydroxylation sites is 1. The number of hydrogen-bond donors (Lipinski definition) is 0. The maximum atomic E-state index is 5.04. The summed E-state index contributed by atoms with van der Waals surface area (Å²) in [4.78, 5) is 16.3. The van der Waals surface area contributed by atoms with Crippen molar-refractivity contribution in [3.8, 4) is 39.6 Å². The number of nitrogens with zero attached hydrogens (tertiary/aromatic N) is 6. The molecule has 0 saturated carbocycles. The fourth-order valence-corrected chi connectivity index (χ4v) is 6.92. The van der Waals surface area contributed by atoms with E-state index in [9.17, 15) is 0 Å². The minimum absolute atomic E-state index is 0.0973. The standard InChI is InChI=1S/C39H28N6/c1-23-40-37(42-38(41-23)27-17-19-30-29-11-7-8-12-32(29)39(2,3)33(30)22-27)26-16-14-24-13-15-25-18-20-34-36(35(25)31(24)21-26)44-45(43-34)28-9-5-4-6-10-28/h4-22H,1-3H3. The molecule has 0 fully saturated rings. The first-order chi connectivity index (χ1) is 21.9. The molecule has 0 unspecified atom stereocenters. The molecular weight excluding hydrogens is 552 g/mol. The third-order valence-electron chi connectivity index (χ3n) is 9.19. The fraction of sp³-hybridized carbons (Fsp3) is 0.103. The maximum Gasteiger partial charge on any atom is 0.163 e. The van der Waals surface area contributed by atoms with Gasteiger partial charge >= 0.3 is 0 Å². The van der Waals surface area contributed by atoms with Gasteiger partial charge in [0.25, 0.3) is 0 Å². The van der Waals surface area contributed by atoms with Gasteiger partial charge in [0.15, 0.2) is 11.6 Å². The van der Waals surface area contributed by atoms with Crippen LogP contribution in [0.4, 0.5) is 0 Å². The number of hydrogen-bond acceptors (Lipinski definition) is 5. The van der Waals surface area contributed by atoms with Gasteiger partial charge in [0.1, 0.15) is 16.9 Å². The molecule has 45 heavy (non-hydrogen) atoms. The van der Waals surface area contributed by atoms with E-state index in [0.29, 0.717) is 17.5 Å². The Kier molecular flexibility index (Phi) is 5.36. The van der Waals surface area contributed by atoms with Crippen LogP contribution in [-0.4, -0.2) is 29.9 Å². The third-order valence-corrected chi connectivity index (χ3v) is 9.19. The molecule has 0 amide bonds. The van der Waals surface area contributed by atoms with E-state index in [1.54, 1.807) is 4.80 Å². The van der Waals surface area contributed by atoms with Crippen molar-refractivity contribution >= 4 is 32.6 Å². The van der Waals surface area contributed by atoms with E-state index >= 15 is 0 Å². The van der Waals surface area contributed by atoms with Gasteiger partial charge in [-0.15, -0.1) is 10.2 Å². The molecule has 0 N–H and O–H groups in total. The van der Waals surface area contributed by atoms with Gasteiger partial charge in [0.2, 0.25) is 0 Å². The van der Waals surface area contributed by atoms with Crippen LogP contribution in [0, 0.1) is 6.92 Å². The summed E-state index contributed by atoms with van der Waals surface area (Å²) in [6.07, 6.45) is 0. The average Bonchev–Trinajstić information content (AvgIpc) is 3.61. The first-order valence-electron chi connectivity index (χ1n) is 15.2. The second-order valence-electron chi connectivity index (χ2n) is 12.3. The first kappa shape index (κ1) is 25.7. The number of rotatable bonds is 3. The number of aromatic nitrogens is 6. The van der Waals surface area contributed by atoms with E-state index < -0.39 is 0 Å². The fourth-order valence-electron chi connectivity index (χ4n) is 6.92. The van der Waals surface area contributed by atoms with E-state index in [4.69, 9.17) is 25.1 Å². The summed E-state index contributed by atoms with van der Waals surface area (Å²) in [6.45, 7) is 6.52. The van der Waals surface area contributed by atoms with Crippen LogP contribution in [0.2, 0.25) is 0 Å². The van der Waals surface area contributed by atoms with Crippen LogP contribution in [0.1, 0.15) is 30.8 Å². The largest absolute Gasteiger partial charge is 0.213 e. The molecule has 0 atom stereocenters. The first-order valence-corrected chi connectivity index (χ1v) is 15.2. The molecular formula is C39H28N6. The van der Waals surface area contributed by atoms with Gasteiger partial charge < -0.3 is 0 Å². The molecule has 0 saturated heterocycles. The predicted molar refractivity (Wildman–Crippen MR) is 180 cm³/mol. The normalized spacial score (nSPS) is 13.4. The van der Waals surface area contributed by atoms with E-state index in [1.165, 1.54) is 22.3 Å². The smallest absolute Gasteiger partial charge is 0.163 e. The molecule has 2 heterocycles. The van der Waals surface area contributed by atoms with Crippen LogP contribution < -0.4 is 0 Å². The molecule has 214 valence electrons.